The zero-order valence-corrected chi connectivity index (χ0v) is 18.3. The van der Waals surface area contributed by atoms with Crippen LogP contribution >= 0.6 is 0 Å². The molecule has 2 aliphatic rings. The first-order valence-electron chi connectivity index (χ1n) is 11.1. The number of aryl methyl sites for hydroxylation is 1. The second-order valence-electron chi connectivity index (χ2n) is 8.60. The lowest BCUT2D eigenvalue weighted by atomic mass is 10.0. The molecule has 2 saturated heterocycles. The smallest absolute Gasteiger partial charge is 0.320 e. The van der Waals surface area contributed by atoms with Gasteiger partial charge in [-0.1, -0.05) is 43.3 Å². The van der Waals surface area contributed by atoms with Gasteiger partial charge in [-0.05, 0) is 48.1 Å². The van der Waals surface area contributed by atoms with Crippen molar-refractivity contribution in [2.45, 2.75) is 38.3 Å². The standard InChI is InChI=1S/C25H31N3O3/c1-3-18-4-6-19(7-5-18)20-8-10-21(11-9-20)24(30)26(2)22-12-14-27(16-22)25(31)28-15-13-23(29)17-28/h4-11,22-23,29H,3,12-17H2,1-2H3/t22-,23-/m0/s1. The molecule has 2 heterocycles. The van der Waals surface area contributed by atoms with Gasteiger partial charge in [-0.3, -0.25) is 4.79 Å². The van der Waals surface area contributed by atoms with E-state index in [1.165, 1.54) is 5.56 Å². The number of urea groups is 1. The van der Waals surface area contributed by atoms with E-state index in [0.717, 1.165) is 24.0 Å². The number of likely N-dealkylation sites (tertiary alicyclic amines) is 2. The molecule has 1 N–H and O–H groups in total. The van der Waals surface area contributed by atoms with Gasteiger partial charge in [0.2, 0.25) is 0 Å². The molecule has 164 valence electrons. The zero-order valence-electron chi connectivity index (χ0n) is 18.3. The van der Waals surface area contributed by atoms with E-state index < -0.39 is 6.10 Å². The van der Waals surface area contributed by atoms with E-state index in [2.05, 4.69) is 31.2 Å². The summed E-state index contributed by atoms with van der Waals surface area (Å²) < 4.78 is 0. The average molecular weight is 422 g/mol. The van der Waals surface area contributed by atoms with Crippen molar-refractivity contribution in [3.8, 4) is 11.1 Å². The number of hydrogen-bond donors (Lipinski definition) is 1. The lowest BCUT2D eigenvalue weighted by Gasteiger charge is -2.27. The molecule has 4 rings (SSSR count). The monoisotopic (exact) mass is 421 g/mol. The largest absolute Gasteiger partial charge is 0.391 e. The van der Waals surface area contributed by atoms with Crippen molar-refractivity contribution < 1.29 is 14.7 Å². The van der Waals surface area contributed by atoms with Crippen molar-refractivity contribution in [3.63, 3.8) is 0 Å². The summed E-state index contributed by atoms with van der Waals surface area (Å²) in [7, 11) is 1.82. The van der Waals surface area contributed by atoms with Gasteiger partial charge in [0.1, 0.15) is 0 Å². The maximum Gasteiger partial charge on any atom is 0.320 e. The Labute approximate surface area is 184 Å². The first-order valence-corrected chi connectivity index (χ1v) is 11.1. The van der Waals surface area contributed by atoms with Crippen molar-refractivity contribution in [1.29, 1.82) is 0 Å². The minimum Gasteiger partial charge on any atom is -0.391 e. The van der Waals surface area contributed by atoms with Gasteiger partial charge in [-0.15, -0.1) is 0 Å². The zero-order chi connectivity index (χ0) is 22.0. The van der Waals surface area contributed by atoms with Crippen LogP contribution in [0.5, 0.6) is 0 Å². The molecule has 2 atom stereocenters. The second-order valence-corrected chi connectivity index (χ2v) is 8.60. The summed E-state index contributed by atoms with van der Waals surface area (Å²) in [5, 5.41) is 9.68. The van der Waals surface area contributed by atoms with Crippen LogP contribution in [0.4, 0.5) is 4.79 Å². The predicted octanol–water partition coefficient (Wildman–Crippen LogP) is 3.25. The van der Waals surface area contributed by atoms with Crippen molar-refractivity contribution >= 4 is 11.9 Å². The first-order chi connectivity index (χ1) is 15.0. The summed E-state index contributed by atoms with van der Waals surface area (Å²) in [5.41, 5.74) is 4.19. The Balaban J connectivity index is 1.37. The van der Waals surface area contributed by atoms with Crippen LogP contribution in [0, 0.1) is 0 Å². The molecule has 3 amide bonds. The molecule has 31 heavy (non-hydrogen) atoms. The Morgan fingerprint density at radius 3 is 2.10 bits per heavy atom. The second kappa shape index (κ2) is 9.10. The molecule has 0 aliphatic carbocycles. The summed E-state index contributed by atoms with van der Waals surface area (Å²) in [6, 6.07) is 16.2. The van der Waals surface area contributed by atoms with Crippen molar-refractivity contribution in [3.05, 3.63) is 59.7 Å². The molecule has 0 spiro atoms. The molecular weight excluding hydrogens is 390 g/mol. The third-order valence-electron chi connectivity index (χ3n) is 6.56. The van der Waals surface area contributed by atoms with Gasteiger partial charge in [0.25, 0.3) is 5.91 Å². The molecule has 6 heteroatoms. The number of amides is 3. The molecule has 0 aromatic heterocycles. The molecular formula is C25H31N3O3. The third-order valence-corrected chi connectivity index (χ3v) is 6.56. The summed E-state index contributed by atoms with van der Waals surface area (Å²) >= 11 is 0. The number of rotatable bonds is 4. The van der Waals surface area contributed by atoms with Crippen LogP contribution in [0.25, 0.3) is 11.1 Å². The molecule has 2 aromatic rings. The van der Waals surface area contributed by atoms with Crippen molar-refractivity contribution in [1.82, 2.24) is 14.7 Å². The fourth-order valence-electron chi connectivity index (χ4n) is 4.45. The molecule has 2 aromatic carbocycles. The highest BCUT2D eigenvalue weighted by atomic mass is 16.3. The number of carbonyl (C=O) groups excluding carboxylic acids is 2. The Morgan fingerprint density at radius 2 is 1.52 bits per heavy atom. The van der Waals surface area contributed by atoms with Gasteiger partial charge in [-0.25, -0.2) is 4.79 Å². The Morgan fingerprint density at radius 1 is 0.935 bits per heavy atom. The minimum atomic E-state index is -0.417. The first kappa shape index (κ1) is 21.4. The quantitative estimate of drug-likeness (QED) is 0.824. The maximum absolute atomic E-state index is 13.0. The topological polar surface area (TPSA) is 64.1 Å². The van der Waals surface area contributed by atoms with Gasteiger partial charge in [0, 0.05) is 38.8 Å². The van der Waals surface area contributed by atoms with E-state index in [9.17, 15) is 14.7 Å². The minimum absolute atomic E-state index is 0.00485. The van der Waals surface area contributed by atoms with E-state index >= 15 is 0 Å². The van der Waals surface area contributed by atoms with Crippen molar-refractivity contribution in [2.24, 2.45) is 0 Å². The predicted molar refractivity (Wildman–Crippen MR) is 121 cm³/mol. The molecule has 0 bridgehead atoms. The third kappa shape index (κ3) is 4.59. The Kier molecular flexibility index (Phi) is 6.28. The van der Waals surface area contributed by atoms with Gasteiger partial charge < -0.3 is 19.8 Å². The van der Waals surface area contributed by atoms with E-state index in [-0.39, 0.29) is 18.0 Å². The van der Waals surface area contributed by atoms with E-state index in [1.807, 2.05) is 31.3 Å². The van der Waals surface area contributed by atoms with E-state index in [1.54, 1.807) is 14.7 Å². The summed E-state index contributed by atoms with van der Waals surface area (Å²) in [6.45, 7) is 4.32. The number of likely N-dealkylation sites (N-methyl/N-ethyl adjacent to an activating group) is 1. The fourth-order valence-corrected chi connectivity index (χ4v) is 4.45. The molecule has 2 fully saturated rings. The number of aliphatic hydroxyl groups is 1. The lowest BCUT2D eigenvalue weighted by molar-refractivity contribution is 0.0735. The summed E-state index contributed by atoms with van der Waals surface area (Å²) in [4.78, 5) is 30.9. The molecule has 2 aliphatic heterocycles. The van der Waals surface area contributed by atoms with Gasteiger partial charge in [-0.2, -0.15) is 0 Å². The lowest BCUT2D eigenvalue weighted by Crippen LogP contribution is -2.44. The summed E-state index contributed by atoms with van der Waals surface area (Å²) in [6.07, 6.45) is 2.01. The Bertz CT molecular complexity index is 926. The van der Waals surface area contributed by atoms with E-state index in [4.69, 9.17) is 0 Å². The highest BCUT2D eigenvalue weighted by molar-refractivity contribution is 5.95. The number of aliphatic hydroxyl groups excluding tert-OH is 1. The highest BCUT2D eigenvalue weighted by Crippen LogP contribution is 2.23. The van der Waals surface area contributed by atoms with Crippen LogP contribution in [0.15, 0.2) is 48.5 Å². The number of nitrogens with zero attached hydrogens (tertiary/aromatic N) is 3. The SMILES string of the molecule is CCc1ccc(-c2ccc(C(=O)N(C)[C@H]3CCN(C(=O)N4CC[C@H](O)C4)C3)cc2)cc1. The van der Waals surface area contributed by atoms with Crippen LogP contribution in [-0.2, 0) is 6.42 Å². The van der Waals surface area contributed by atoms with Crippen LogP contribution in [0.3, 0.4) is 0 Å². The molecule has 6 nitrogen and oxygen atoms in total. The van der Waals surface area contributed by atoms with Crippen LogP contribution in [0.2, 0.25) is 0 Å². The highest BCUT2D eigenvalue weighted by Gasteiger charge is 2.35. The molecule has 0 radical (unpaired) electrons. The van der Waals surface area contributed by atoms with Gasteiger partial charge in [0.15, 0.2) is 0 Å². The van der Waals surface area contributed by atoms with Crippen LogP contribution < -0.4 is 0 Å². The maximum atomic E-state index is 13.0. The number of benzene rings is 2. The van der Waals surface area contributed by atoms with Gasteiger partial charge in [0.05, 0.1) is 12.1 Å². The van der Waals surface area contributed by atoms with Crippen molar-refractivity contribution in [2.75, 3.05) is 33.2 Å². The Hall–Kier alpha value is -2.86. The van der Waals surface area contributed by atoms with Gasteiger partial charge >= 0.3 is 6.03 Å². The fraction of sp³-hybridized carbons (Fsp3) is 0.440. The van der Waals surface area contributed by atoms with E-state index in [0.29, 0.717) is 38.2 Å². The van der Waals surface area contributed by atoms with Crippen LogP contribution in [-0.4, -0.2) is 77.1 Å². The average Bonchev–Trinajstić information content (AvgIpc) is 3.47. The normalized spacial score (nSPS) is 20.9. The molecule has 0 unspecified atom stereocenters. The number of hydrogen-bond acceptors (Lipinski definition) is 3. The molecule has 0 saturated carbocycles. The number of β-amino-alcohol motifs (C(OH)–C–C–N with tert-alkyl or cyclic N) is 1. The summed E-state index contributed by atoms with van der Waals surface area (Å²) in [5.74, 6) is -0.0243. The van der Waals surface area contributed by atoms with Crippen LogP contribution in [0.1, 0.15) is 35.7 Å². The number of carbonyl (C=O) groups is 2.